The maximum Gasteiger partial charge on any atom is 0.208 e. The monoisotopic (exact) mass is 373 g/mol. The number of hydrogen-bond acceptors (Lipinski definition) is 5. The maximum absolute atomic E-state index is 13.0. The van der Waals surface area contributed by atoms with Gasteiger partial charge in [-0.15, -0.1) is 11.8 Å². The molecule has 0 unspecified atom stereocenters. The van der Waals surface area contributed by atoms with Gasteiger partial charge >= 0.3 is 0 Å². The molecule has 3 aromatic rings. The van der Waals surface area contributed by atoms with Crippen LogP contribution in [0.5, 0.6) is 0 Å². The highest BCUT2D eigenvalue weighted by molar-refractivity contribution is 7.98. The van der Waals surface area contributed by atoms with E-state index in [0.717, 1.165) is 0 Å². The average Bonchev–Trinajstić information content (AvgIpc) is 2.61. The largest absolute Gasteiger partial charge is 0.348 e. The number of aromatic amines is 1. The first-order valence-electron chi connectivity index (χ1n) is 7.42. The van der Waals surface area contributed by atoms with E-state index in [0.29, 0.717) is 5.03 Å². The molecule has 0 atom stereocenters. The second-order valence-electron chi connectivity index (χ2n) is 5.41. The van der Waals surface area contributed by atoms with Gasteiger partial charge in [-0.1, -0.05) is 24.3 Å². The summed E-state index contributed by atoms with van der Waals surface area (Å²) < 4.78 is 26.0. The molecule has 1 N–H and O–H groups in total. The standard InChI is InChI=1S/C18H15NO4S2/c1-11(20)15-17(21)13-9-6-10-14(16(13)19-18(15)24-2)25(22,23)12-7-4-3-5-8-12/h3-10H,1-2H3,(H,19,21). The van der Waals surface area contributed by atoms with Crippen LogP contribution in [0.2, 0.25) is 0 Å². The van der Waals surface area contributed by atoms with E-state index in [4.69, 9.17) is 0 Å². The Morgan fingerprint density at radius 1 is 1.04 bits per heavy atom. The number of hydrogen-bond donors (Lipinski definition) is 1. The molecule has 5 nitrogen and oxygen atoms in total. The summed E-state index contributed by atoms with van der Waals surface area (Å²) in [5, 5.41) is 0.542. The second kappa shape index (κ2) is 6.50. The van der Waals surface area contributed by atoms with Crippen LogP contribution in [0.15, 0.2) is 68.1 Å². The summed E-state index contributed by atoms with van der Waals surface area (Å²) in [6, 6.07) is 12.5. The molecule has 3 rings (SSSR count). The van der Waals surface area contributed by atoms with Gasteiger partial charge < -0.3 is 4.98 Å². The smallest absolute Gasteiger partial charge is 0.208 e. The molecule has 0 saturated carbocycles. The van der Waals surface area contributed by atoms with Crippen molar-refractivity contribution >= 4 is 38.3 Å². The second-order valence-corrected chi connectivity index (χ2v) is 8.15. The SMILES string of the molecule is CSc1[nH]c2c(S(=O)(=O)c3ccccc3)cccc2c(=O)c1C(C)=O. The van der Waals surface area contributed by atoms with Crippen molar-refractivity contribution in [2.45, 2.75) is 21.7 Å². The minimum Gasteiger partial charge on any atom is -0.348 e. The Morgan fingerprint density at radius 2 is 1.72 bits per heavy atom. The Hall–Kier alpha value is -2.38. The zero-order valence-corrected chi connectivity index (χ0v) is 15.2. The number of carbonyl (C=O) groups excluding carboxylic acids is 1. The van der Waals surface area contributed by atoms with E-state index < -0.39 is 15.3 Å². The number of para-hydroxylation sites is 1. The third-order valence-electron chi connectivity index (χ3n) is 3.86. The highest BCUT2D eigenvalue weighted by atomic mass is 32.2. The number of Topliss-reactive ketones (excluding diaryl/α,β-unsaturated/α-hetero) is 1. The zero-order valence-electron chi connectivity index (χ0n) is 13.6. The van der Waals surface area contributed by atoms with Gasteiger partial charge in [0.15, 0.2) is 5.78 Å². The van der Waals surface area contributed by atoms with Crippen LogP contribution in [0.25, 0.3) is 10.9 Å². The number of benzene rings is 2. The number of H-pyrrole nitrogens is 1. The molecule has 1 aromatic heterocycles. The van der Waals surface area contributed by atoms with E-state index in [1.54, 1.807) is 24.5 Å². The topological polar surface area (TPSA) is 84.1 Å². The summed E-state index contributed by atoms with van der Waals surface area (Å²) >= 11 is 1.20. The fraction of sp³-hybridized carbons (Fsp3) is 0.111. The number of ketones is 1. The summed E-state index contributed by atoms with van der Waals surface area (Å²) in [7, 11) is -3.80. The van der Waals surface area contributed by atoms with Gasteiger partial charge in [0.05, 0.1) is 25.9 Å². The van der Waals surface area contributed by atoms with Gasteiger partial charge in [0.25, 0.3) is 0 Å². The quantitative estimate of drug-likeness (QED) is 0.560. The molecule has 25 heavy (non-hydrogen) atoms. The minimum atomic E-state index is -3.80. The lowest BCUT2D eigenvalue weighted by atomic mass is 10.1. The lowest BCUT2D eigenvalue weighted by molar-refractivity contribution is 0.101. The van der Waals surface area contributed by atoms with Gasteiger partial charge in [-0.3, -0.25) is 9.59 Å². The first kappa shape index (κ1) is 17.4. The van der Waals surface area contributed by atoms with E-state index in [1.165, 1.54) is 49.0 Å². The van der Waals surface area contributed by atoms with E-state index >= 15 is 0 Å². The van der Waals surface area contributed by atoms with Crippen molar-refractivity contribution in [3.63, 3.8) is 0 Å². The molecule has 0 aliphatic heterocycles. The molecular formula is C18H15NO4S2. The van der Waals surface area contributed by atoms with E-state index in [1.807, 2.05) is 0 Å². The minimum absolute atomic E-state index is 0.0127. The lowest BCUT2D eigenvalue weighted by Crippen LogP contribution is -2.17. The van der Waals surface area contributed by atoms with E-state index in [9.17, 15) is 18.0 Å². The van der Waals surface area contributed by atoms with Crippen LogP contribution in [0, 0.1) is 0 Å². The fourth-order valence-corrected chi connectivity index (χ4v) is 4.79. The first-order valence-corrected chi connectivity index (χ1v) is 10.1. The molecule has 0 spiro atoms. The van der Waals surface area contributed by atoms with Crippen molar-refractivity contribution in [2.24, 2.45) is 0 Å². The van der Waals surface area contributed by atoms with Crippen molar-refractivity contribution in [1.29, 1.82) is 0 Å². The Bertz CT molecular complexity index is 1130. The Morgan fingerprint density at radius 3 is 2.32 bits per heavy atom. The van der Waals surface area contributed by atoms with Crippen LogP contribution in [-0.2, 0) is 9.84 Å². The number of fused-ring (bicyclic) bond motifs is 1. The molecule has 0 bridgehead atoms. The number of sulfone groups is 1. The Labute approximate surface area is 149 Å². The van der Waals surface area contributed by atoms with Crippen molar-refractivity contribution in [3.05, 3.63) is 64.3 Å². The summed E-state index contributed by atoms with van der Waals surface area (Å²) in [6.45, 7) is 1.32. The normalized spacial score (nSPS) is 11.6. The summed E-state index contributed by atoms with van der Waals surface area (Å²) in [4.78, 5) is 27.7. The lowest BCUT2D eigenvalue weighted by Gasteiger charge is -2.11. The summed E-state index contributed by atoms with van der Waals surface area (Å²) in [5.41, 5.74) is -0.198. The van der Waals surface area contributed by atoms with Crippen LogP contribution in [0.1, 0.15) is 17.3 Å². The molecule has 128 valence electrons. The Balaban J connectivity index is 2.42. The molecule has 0 amide bonds. The molecular weight excluding hydrogens is 358 g/mol. The van der Waals surface area contributed by atoms with Crippen molar-refractivity contribution in [3.8, 4) is 0 Å². The van der Waals surface area contributed by atoms with Gasteiger partial charge in [-0.25, -0.2) is 8.42 Å². The predicted octanol–water partition coefficient (Wildman–Crippen LogP) is 3.29. The predicted molar refractivity (Wildman–Crippen MR) is 98.2 cm³/mol. The van der Waals surface area contributed by atoms with Crippen molar-refractivity contribution < 1.29 is 13.2 Å². The van der Waals surface area contributed by atoms with Crippen molar-refractivity contribution in [2.75, 3.05) is 6.26 Å². The fourth-order valence-electron chi connectivity index (χ4n) is 2.69. The number of pyridine rings is 1. The van der Waals surface area contributed by atoms with Gasteiger partial charge in [-0.2, -0.15) is 0 Å². The number of thioether (sulfide) groups is 1. The molecule has 0 radical (unpaired) electrons. The maximum atomic E-state index is 13.0. The summed E-state index contributed by atoms with van der Waals surface area (Å²) in [6.07, 6.45) is 1.72. The molecule has 0 aliphatic rings. The number of nitrogens with one attached hydrogen (secondary N) is 1. The van der Waals surface area contributed by atoms with Gasteiger partial charge in [0.1, 0.15) is 0 Å². The van der Waals surface area contributed by atoms with Crippen LogP contribution < -0.4 is 5.43 Å². The zero-order chi connectivity index (χ0) is 18.2. The van der Waals surface area contributed by atoms with Gasteiger partial charge in [0, 0.05) is 5.39 Å². The van der Waals surface area contributed by atoms with Gasteiger partial charge in [0.2, 0.25) is 15.3 Å². The van der Waals surface area contributed by atoms with E-state index in [2.05, 4.69) is 4.98 Å². The third-order valence-corrected chi connectivity index (χ3v) is 6.39. The molecule has 0 fully saturated rings. The molecule has 2 aromatic carbocycles. The average molecular weight is 373 g/mol. The molecule has 7 heteroatoms. The van der Waals surface area contributed by atoms with Crippen LogP contribution >= 0.6 is 11.8 Å². The highest BCUT2D eigenvalue weighted by Crippen LogP contribution is 2.28. The Kier molecular flexibility index (Phi) is 4.53. The first-order chi connectivity index (χ1) is 11.9. The van der Waals surface area contributed by atoms with E-state index in [-0.39, 0.29) is 32.0 Å². The molecule has 0 aliphatic carbocycles. The number of rotatable bonds is 4. The number of carbonyl (C=O) groups is 1. The third kappa shape index (κ3) is 2.89. The van der Waals surface area contributed by atoms with Gasteiger partial charge in [-0.05, 0) is 37.4 Å². The van der Waals surface area contributed by atoms with Crippen LogP contribution in [0.4, 0.5) is 0 Å². The molecule has 1 heterocycles. The van der Waals surface area contributed by atoms with Crippen LogP contribution in [-0.4, -0.2) is 25.4 Å². The summed E-state index contributed by atoms with van der Waals surface area (Å²) in [5.74, 6) is -0.358. The van der Waals surface area contributed by atoms with Crippen LogP contribution in [0.3, 0.4) is 0 Å². The highest BCUT2D eigenvalue weighted by Gasteiger charge is 2.23. The number of aromatic nitrogens is 1. The van der Waals surface area contributed by atoms with Crippen molar-refractivity contribution in [1.82, 2.24) is 4.98 Å². The molecule has 0 saturated heterocycles.